The van der Waals surface area contributed by atoms with Crippen LogP contribution >= 0.6 is 0 Å². The summed E-state index contributed by atoms with van der Waals surface area (Å²) in [5.41, 5.74) is 1.14. The van der Waals surface area contributed by atoms with E-state index < -0.39 is 12.0 Å². The van der Waals surface area contributed by atoms with Crippen LogP contribution in [0.25, 0.3) is 11.5 Å². The summed E-state index contributed by atoms with van der Waals surface area (Å²) in [6.07, 6.45) is 1.45. The van der Waals surface area contributed by atoms with E-state index in [0.717, 1.165) is 0 Å². The second kappa shape index (κ2) is 5.83. The molecule has 0 radical (unpaired) electrons. The molecule has 6 heteroatoms. The zero-order valence-corrected chi connectivity index (χ0v) is 11.2. The molecule has 1 unspecified atom stereocenters. The first-order valence-corrected chi connectivity index (χ1v) is 6.11. The van der Waals surface area contributed by atoms with Gasteiger partial charge in [0.2, 0.25) is 5.89 Å². The molecule has 0 fully saturated rings. The lowest BCUT2D eigenvalue weighted by Gasteiger charge is -2.19. The van der Waals surface area contributed by atoms with E-state index in [4.69, 9.17) is 9.52 Å². The highest BCUT2D eigenvalue weighted by Gasteiger charge is 2.18. The Labute approximate surface area is 115 Å². The number of carbonyl (C=O) groups is 1. The van der Waals surface area contributed by atoms with Gasteiger partial charge in [-0.1, -0.05) is 6.07 Å². The van der Waals surface area contributed by atoms with E-state index in [0.29, 0.717) is 23.7 Å². The van der Waals surface area contributed by atoms with Gasteiger partial charge in [-0.25, -0.2) is 9.37 Å². The Morgan fingerprint density at radius 3 is 2.95 bits per heavy atom. The number of aromatic nitrogens is 1. The van der Waals surface area contributed by atoms with Crippen LogP contribution in [0, 0.1) is 5.82 Å². The molecule has 1 aromatic carbocycles. The minimum absolute atomic E-state index is 0.316. The van der Waals surface area contributed by atoms with Gasteiger partial charge in [-0.3, -0.25) is 9.69 Å². The van der Waals surface area contributed by atoms with Crippen molar-refractivity contribution < 1.29 is 18.7 Å². The fourth-order valence-electron chi connectivity index (χ4n) is 1.71. The number of benzene rings is 1. The van der Waals surface area contributed by atoms with Gasteiger partial charge in [-0.2, -0.15) is 0 Å². The molecular formula is C14H15FN2O3. The Balaban J connectivity index is 2.11. The normalized spacial score (nSPS) is 12.6. The van der Waals surface area contributed by atoms with Crippen molar-refractivity contribution in [2.24, 2.45) is 0 Å². The predicted molar refractivity (Wildman–Crippen MR) is 70.5 cm³/mol. The Morgan fingerprint density at radius 2 is 2.30 bits per heavy atom. The molecule has 0 saturated heterocycles. The second-order valence-corrected chi connectivity index (χ2v) is 4.58. The van der Waals surface area contributed by atoms with Crippen LogP contribution in [0.1, 0.15) is 12.6 Å². The van der Waals surface area contributed by atoms with Crippen molar-refractivity contribution in [2.45, 2.75) is 19.5 Å². The number of likely N-dealkylation sites (N-methyl/N-ethyl adjacent to an activating group) is 1. The van der Waals surface area contributed by atoms with Gasteiger partial charge < -0.3 is 9.52 Å². The average Bonchev–Trinajstić information content (AvgIpc) is 2.86. The van der Waals surface area contributed by atoms with Crippen molar-refractivity contribution >= 4 is 5.97 Å². The number of rotatable bonds is 5. The summed E-state index contributed by atoms with van der Waals surface area (Å²) in [4.78, 5) is 16.7. The minimum atomic E-state index is -0.902. The Morgan fingerprint density at radius 1 is 1.55 bits per heavy atom. The first kappa shape index (κ1) is 14.2. The molecule has 106 valence electrons. The predicted octanol–water partition coefficient (Wildman–Crippen LogP) is 2.39. The lowest BCUT2D eigenvalue weighted by atomic mass is 10.2. The van der Waals surface area contributed by atoms with Gasteiger partial charge in [0.25, 0.3) is 0 Å². The molecule has 5 nitrogen and oxygen atoms in total. The van der Waals surface area contributed by atoms with Gasteiger partial charge in [0.15, 0.2) is 0 Å². The standard InChI is InChI=1S/C14H15FN2O3/c1-9(14(18)19)17(2)7-12-8-20-13(16-12)10-4-3-5-11(15)6-10/h3-6,8-9H,7H2,1-2H3,(H,18,19). The van der Waals surface area contributed by atoms with Crippen molar-refractivity contribution in [1.29, 1.82) is 0 Å². The molecule has 20 heavy (non-hydrogen) atoms. The lowest BCUT2D eigenvalue weighted by molar-refractivity contribution is -0.142. The molecule has 1 atom stereocenters. The third-order valence-corrected chi connectivity index (χ3v) is 3.05. The smallest absolute Gasteiger partial charge is 0.320 e. The van der Waals surface area contributed by atoms with Crippen LogP contribution in [0.3, 0.4) is 0 Å². The number of hydrogen-bond acceptors (Lipinski definition) is 4. The van der Waals surface area contributed by atoms with E-state index in [1.165, 1.54) is 18.4 Å². The van der Waals surface area contributed by atoms with Gasteiger partial charge in [0.1, 0.15) is 18.1 Å². The van der Waals surface area contributed by atoms with Gasteiger partial charge in [-0.15, -0.1) is 0 Å². The van der Waals surface area contributed by atoms with Crippen LogP contribution in [0.15, 0.2) is 34.9 Å². The topological polar surface area (TPSA) is 66.6 Å². The largest absolute Gasteiger partial charge is 0.480 e. The maximum absolute atomic E-state index is 13.1. The van der Waals surface area contributed by atoms with Crippen LogP contribution in [0.2, 0.25) is 0 Å². The molecule has 0 aliphatic rings. The van der Waals surface area contributed by atoms with Gasteiger partial charge >= 0.3 is 5.97 Å². The minimum Gasteiger partial charge on any atom is -0.480 e. The summed E-state index contributed by atoms with van der Waals surface area (Å²) in [5, 5.41) is 8.92. The molecule has 1 N–H and O–H groups in total. The number of halogens is 1. The average molecular weight is 278 g/mol. The third-order valence-electron chi connectivity index (χ3n) is 3.05. The Hall–Kier alpha value is -2.21. The molecule has 0 aliphatic heterocycles. The van der Waals surface area contributed by atoms with Crippen molar-refractivity contribution in [3.05, 3.63) is 42.0 Å². The fourth-order valence-corrected chi connectivity index (χ4v) is 1.71. The maximum Gasteiger partial charge on any atom is 0.320 e. The lowest BCUT2D eigenvalue weighted by Crippen LogP contribution is -2.35. The summed E-state index contributed by atoms with van der Waals surface area (Å²) in [6.45, 7) is 1.93. The van der Waals surface area contributed by atoms with Crippen LogP contribution < -0.4 is 0 Å². The van der Waals surface area contributed by atoms with E-state index >= 15 is 0 Å². The summed E-state index contributed by atoms with van der Waals surface area (Å²) in [6, 6.07) is 5.33. The fraction of sp³-hybridized carbons (Fsp3) is 0.286. The van der Waals surface area contributed by atoms with E-state index in [1.807, 2.05) is 0 Å². The molecule has 1 aromatic heterocycles. The Bertz CT molecular complexity index is 612. The molecule has 2 aromatic rings. The molecular weight excluding hydrogens is 263 g/mol. The molecule has 0 spiro atoms. The molecule has 0 saturated carbocycles. The van der Waals surface area contributed by atoms with Crippen molar-refractivity contribution in [3.63, 3.8) is 0 Å². The molecule has 2 rings (SSSR count). The van der Waals surface area contributed by atoms with Crippen LogP contribution in [0.4, 0.5) is 4.39 Å². The highest BCUT2D eigenvalue weighted by Crippen LogP contribution is 2.20. The monoisotopic (exact) mass is 278 g/mol. The molecule has 0 bridgehead atoms. The SMILES string of the molecule is CC(C(=O)O)N(C)Cc1coc(-c2cccc(F)c2)n1. The number of nitrogens with zero attached hydrogens (tertiary/aromatic N) is 2. The number of carboxylic acid groups (broad SMARTS) is 1. The van der Waals surface area contributed by atoms with E-state index in [1.54, 1.807) is 31.0 Å². The molecule has 0 amide bonds. The van der Waals surface area contributed by atoms with Gasteiger partial charge in [0, 0.05) is 12.1 Å². The zero-order valence-electron chi connectivity index (χ0n) is 11.2. The van der Waals surface area contributed by atoms with E-state index in [2.05, 4.69) is 4.98 Å². The highest BCUT2D eigenvalue weighted by atomic mass is 19.1. The molecule has 1 heterocycles. The first-order chi connectivity index (χ1) is 9.47. The number of hydrogen-bond donors (Lipinski definition) is 1. The van der Waals surface area contributed by atoms with Crippen molar-refractivity contribution in [1.82, 2.24) is 9.88 Å². The first-order valence-electron chi connectivity index (χ1n) is 6.11. The quantitative estimate of drug-likeness (QED) is 0.909. The second-order valence-electron chi connectivity index (χ2n) is 4.58. The summed E-state index contributed by atoms with van der Waals surface area (Å²) < 4.78 is 18.4. The zero-order chi connectivity index (χ0) is 14.7. The van der Waals surface area contributed by atoms with Gasteiger partial charge in [-0.05, 0) is 32.2 Å². The number of aliphatic carboxylic acids is 1. The van der Waals surface area contributed by atoms with E-state index in [-0.39, 0.29) is 5.82 Å². The van der Waals surface area contributed by atoms with Crippen molar-refractivity contribution in [2.75, 3.05) is 7.05 Å². The van der Waals surface area contributed by atoms with Crippen molar-refractivity contribution in [3.8, 4) is 11.5 Å². The summed E-state index contributed by atoms with van der Waals surface area (Å²) >= 11 is 0. The van der Waals surface area contributed by atoms with Gasteiger partial charge in [0.05, 0.1) is 5.69 Å². The highest BCUT2D eigenvalue weighted by molar-refractivity contribution is 5.72. The molecule has 0 aliphatic carbocycles. The van der Waals surface area contributed by atoms with E-state index in [9.17, 15) is 9.18 Å². The number of oxazole rings is 1. The third kappa shape index (κ3) is 3.21. The summed E-state index contributed by atoms with van der Waals surface area (Å²) in [7, 11) is 1.69. The Kier molecular flexibility index (Phi) is 4.14. The number of carboxylic acids is 1. The van der Waals surface area contributed by atoms with Crippen LogP contribution in [-0.4, -0.2) is 34.0 Å². The van der Waals surface area contributed by atoms with Crippen LogP contribution in [0.5, 0.6) is 0 Å². The summed E-state index contributed by atoms with van der Waals surface area (Å²) in [5.74, 6) is -0.948. The maximum atomic E-state index is 13.1. The van der Waals surface area contributed by atoms with Crippen LogP contribution in [-0.2, 0) is 11.3 Å².